The van der Waals surface area contributed by atoms with Crippen molar-refractivity contribution in [3.63, 3.8) is 0 Å². The van der Waals surface area contributed by atoms with Crippen molar-refractivity contribution >= 4 is 15.9 Å². The minimum Gasteiger partial charge on any atom is -0.396 e. The Labute approximate surface area is 95.9 Å². The SMILES string of the molecule is CN(CCCO)S(=O)(=O)Nc1ccccc1. The summed E-state index contributed by atoms with van der Waals surface area (Å²) >= 11 is 0. The average molecular weight is 244 g/mol. The molecular weight excluding hydrogens is 228 g/mol. The Kier molecular flexibility index (Phi) is 4.72. The molecule has 1 rings (SSSR count). The number of rotatable bonds is 6. The van der Waals surface area contributed by atoms with Crippen LogP contribution in [0.4, 0.5) is 5.69 Å². The zero-order chi connectivity index (χ0) is 12.0. The Morgan fingerprint density at radius 1 is 1.31 bits per heavy atom. The van der Waals surface area contributed by atoms with Crippen molar-refractivity contribution in [1.29, 1.82) is 0 Å². The van der Waals surface area contributed by atoms with E-state index in [0.717, 1.165) is 0 Å². The maximum absolute atomic E-state index is 11.7. The van der Waals surface area contributed by atoms with E-state index in [1.54, 1.807) is 24.3 Å². The highest BCUT2D eigenvalue weighted by Crippen LogP contribution is 2.09. The lowest BCUT2D eigenvalue weighted by Crippen LogP contribution is -2.33. The second kappa shape index (κ2) is 5.83. The van der Waals surface area contributed by atoms with Gasteiger partial charge in [0.1, 0.15) is 0 Å². The van der Waals surface area contributed by atoms with Crippen LogP contribution in [-0.2, 0) is 10.2 Å². The third-order valence-corrected chi connectivity index (χ3v) is 3.56. The fourth-order valence-electron chi connectivity index (χ4n) is 1.15. The number of benzene rings is 1. The molecule has 0 fully saturated rings. The molecule has 6 heteroatoms. The number of para-hydroxylation sites is 1. The van der Waals surface area contributed by atoms with Gasteiger partial charge in [0.2, 0.25) is 0 Å². The number of aliphatic hydroxyl groups is 1. The van der Waals surface area contributed by atoms with Gasteiger partial charge in [0, 0.05) is 25.9 Å². The number of aliphatic hydroxyl groups excluding tert-OH is 1. The Bertz CT molecular complexity index is 405. The first-order valence-corrected chi connectivity index (χ1v) is 6.40. The summed E-state index contributed by atoms with van der Waals surface area (Å²) in [5.41, 5.74) is 0.526. The highest BCUT2D eigenvalue weighted by atomic mass is 32.2. The lowest BCUT2D eigenvalue weighted by atomic mass is 10.3. The Morgan fingerprint density at radius 3 is 2.50 bits per heavy atom. The standard InChI is InChI=1S/C10H16N2O3S/c1-12(8-5-9-13)16(14,15)11-10-6-3-2-4-7-10/h2-4,6-7,11,13H,5,8-9H2,1H3. The highest BCUT2D eigenvalue weighted by Gasteiger charge is 2.16. The lowest BCUT2D eigenvalue weighted by molar-refractivity contribution is 0.276. The lowest BCUT2D eigenvalue weighted by Gasteiger charge is -2.17. The number of hydrogen-bond acceptors (Lipinski definition) is 3. The normalized spacial score (nSPS) is 11.7. The second-order valence-electron chi connectivity index (χ2n) is 3.37. The van der Waals surface area contributed by atoms with E-state index in [-0.39, 0.29) is 6.61 Å². The largest absolute Gasteiger partial charge is 0.396 e. The number of nitrogens with one attached hydrogen (secondary N) is 1. The van der Waals surface area contributed by atoms with Crippen LogP contribution in [0, 0.1) is 0 Å². The smallest absolute Gasteiger partial charge is 0.301 e. The average Bonchev–Trinajstić information content (AvgIpc) is 2.26. The molecule has 0 unspecified atom stereocenters. The van der Waals surface area contributed by atoms with Crippen molar-refractivity contribution in [3.8, 4) is 0 Å². The summed E-state index contributed by atoms with van der Waals surface area (Å²) in [4.78, 5) is 0. The molecule has 2 N–H and O–H groups in total. The van der Waals surface area contributed by atoms with E-state index >= 15 is 0 Å². The molecule has 0 amide bonds. The van der Waals surface area contributed by atoms with Crippen LogP contribution in [0.25, 0.3) is 0 Å². The summed E-state index contributed by atoms with van der Waals surface area (Å²) in [6.45, 7) is 0.268. The van der Waals surface area contributed by atoms with Crippen LogP contribution in [-0.4, -0.2) is 38.0 Å². The maximum atomic E-state index is 11.7. The van der Waals surface area contributed by atoms with E-state index in [0.29, 0.717) is 18.7 Å². The molecule has 0 saturated heterocycles. The van der Waals surface area contributed by atoms with Crippen molar-refractivity contribution in [2.24, 2.45) is 0 Å². The third kappa shape index (κ3) is 3.80. The van der Waals surface area contributed by atoms with E-state index in [1.165, 1.54) is 11.4 Å². The predicted octanol–water partition coefficient (Wildman–Crippen LogP) is 0.657. The molecule has 0 aliphatic carbocycles. The maximum Gasteiger partial charge on any atom is 0.301 e. The van der Waals surface area contributed by atoms with Gasteiger partial charge in [-0.25, -0.2) is 0 Å². The van der Waals surface area contributed by atoms with Gasteiger partial charge < -0.3 is 5.11 Å². The van der Waals surface area contributed by atoms with Gasteiger partial charge in [-0.05, 0) is 18.6 Å². The topological polar surface area (TPSA) is 69.6 Å². The van der Waals surface area contributed by atoms with Crippen LogP contribution in [0.3, 0.4) is 0 Å². The molecular formula is C10H16N2O3S. The first-order chi connectivity index (χ1) is 7.56. The molecule has 0 aromatic heterocycles. The van der Waals surface area contributed by atoms with E-state index < -0.39 is 10.2 Å². The molecule has 16 heavy (non-hydrogen) atoms. The summed E-state index contributed by atoms with van der Waals surface area (Å²) in [7, 11) is -2.04. The molecule has 0 aliphatic heterocycles. The van der Waals surface area contributed by atoms with Crippen LogP contribution in [0.5, 0.6) is 0 Å². The van der Waals surface area contributed by atoms with Gasteiger partial charge in [0.05, 0.1) is 0 Å². The van der Waals surface area contributed by atoms with Crippen LogP contribution in [0.15, 0.2) is 30.3 Å². The van der Waals surface area contributed by atoms with E-state index in [1.807, 2.05) is 6.07 Å². The summed E-state index contributed by atoms with van der Waals surface area (Å²) in [5, 5.41) is 8.63. The molecule has 0 bridgehead atoms. The Hall–Kier alpha value is -1.11. The predicted molar refractivity (Wildman–Crippen MR) is 63.3 cm³/mol. The first kappa shape index (κ1) is 13.0. The summed E-state index contributed by atoms with van der Waals surface area (Å²) in [6.07, 6.45) is 0.423. The molecule has 0 heterocycles. The third-order valence-electron chi connectivity index (χ3n) is 2.06. The fraction of sp³-hybridized carbons (Fsp3) is 0.400. The highest BCUT2D eigenvalue weighted by molar-refractivity contribution is 7.90. The van der Waals surface area contributed by atoms with Crippen molar-refractivity contribution in [3.05, 3.63) is 30.3 Å². The van der Waals surface area contributed by atoms with Crippen molar-refractivity contribution < 1.29 is 13.5 Å². The molecule has 0 spiro atoms. The zero-order valence-corrected chi connectivity index (χ0v) is 9.94. The van der Waals surface area contributed by atoms with Gasteiger partial charge >= 0.3 is 10.2 Å². The number of nitrogens with zero attached hydrogens (tertiary/aromatic N) is 1. The quantitative estimate of drug-likeness (QED) is 0.772. The number of anilines is 1. The van der Waals surface area contributed by atoms with Crippen LogP contribution >= 0.6 is 0 Å². The van der Waals surface area contributed by atoms with Gasteiger partial charge in [-0.3, -0.25) is 4.72 Å². The molecule has 0 aliphatic rings. The van der Waals surface area contributed by atoms with Crippen molar-refractivity contribution in [2.45, 2.75) is 6.42 Å². The molecule has 0 saturated carbocycles. The van der Waals surface area contributed by atoms with Gasteiger partial charge in [-0.1, -0.05) is 18.2 Å². The van der Waals surface area contributed by atoms with Crippen molar-refractivity contribution in [2.75, 3.05) is 24.9 Å². The summed E-state index contributed by atoms with van der Waals surface area (Å²) in [6, 6.07) is 8.68. The molecule has 1 aromatic rings. The first-order valence-electron chi connectivity index (χ1n) is 4.96. The van der Waals surface area contributed by atoms with Gasteiger partial charge in [-0.15, -0.1) is 0 Å². The Morgan fingerprint density at radius 2 is 1.94 bits per heavy atom. The van der Waals surface area contributed by atoms with Crippen molar-refractivity contribution in [1.82, 2.24) is 4.31 Å². The zero-order valence-electron chi connectivity index (χ0n) is 9.13. The monoisotopic (exact) mass is 244 g/mol. The molecule has 90 valence electrons. The Balaban J connectivity index is 2.65. The summed E-state index contributed by atoms with van der Waals surface area (Å²) < 4.78 is 27.1. The summed E-state index contributed by atoms with van der Waals surface area (Å²) in [5.74, 6) is 0. The minimum atomic E-state index is -3.51. The van der Waals surface area contributed by atoms with E-state index in [2.05, 4.69) is 4.72 Å². The van der Waals surface area contributed by atoms with E-state index in [4.69, 9.17) is 5.11 Å². The number of hydrogen-bond donors (Lipinski definition) is 2. The molecule has 0 atom stereocenters. The van der Waals surface area contributed by atoms with Crippen LogP contribution in [0.1, 0.15) is 6.42 Å². The second-order valence-corrected chi connectivity index (χ2v) is 5.15. The van der Waals surface area contributed by atoms with Gasteiger partial charge in [0.15, 0.2) is 0 Å². The van der Waals surface area contributed by atoms with Crippen LogP contribution < -0.4 is 4.72 Å². The van der Waals surface area contributed by atoms with Gasteiger partial charge in [-0.2, -0.15) is 12.7 Å². The fourth-order valence-corrected chi connectivity index (χ4v) is 2.11. The molecule has 5 nitrogen and oxygen atoms in total. The van der Waals surface area contributed by atoms with Crippen LogP contribution in [0.2, 0.25) is 0 Å². The minimum absolute atomic E-state index is 0.0226. The van der Waals surface area contributed by atoms with Gasteiger partial charge in [0.25, 0.3) is 0 Å². The molecule has 0 radical (unpaired) electrons. The van der Waals surface area contributed by atoms with E-state index in [9.17, 15) is 8.42 Å². The molecule has 1 aromatic carbocycles.